The highest BCUT2D eigenvalue weighted by molar-refractivity contribution is 5.77. The van der Waals surface area contributed by atoms with Gasteiger partial charge < -0.3 is 4.90 Å². The van der Waals surface area contributed by atoms with Gasteiger partial charge in [0.05, 0.1) is 15.4 Å². The van der Waals surface area contributed by atoms with Crippen molar-refractivity contribution in [1.29, 1.82) is 0 Å². The van der Waals surface area contributed by atoms with Gasteiger partial charge in [0, 0.05) is 24.7 Å². The molecule has 27 heavy (non-hydrogen) atoms. The number of benzene rings is 1. The molecule has 3 rings (SSSR count). The van der Waals surface area contributed by atoms with Crippen molar-refractivity contribution in [3.05, 3.63) is 37.9 Å². The van der Waals surface area contributed by atoms with E-state index in [-0.39, 0.29) is 22.6 Å². The summed E-state index contributed by atoms with van der Waals surface area (Å²) in [7, 11) is 0. The molecule has 1 aliphatic heterocycles. The van der Waals surface area contributed by atoms with Crippen LogP contribution in [0.15, 0.2) is 12.1 Å². The molecule has 0 amide bonds. The Bertz CT molecular complexity index is 789. The van der Waals surface area contributed by atoms with Crippen LogP contribution in [0.1, 0.15) is 45.6 Å². The Balaban J connectivity index is 2.21. The van der Waals surface area contributed by atoms with Crippen molar-refractivity contribution in [2.45, 2.75) is 52.3 Å². The molecule has 1 saturated heterocycles. The van der Waals surface area contributed by atoms with Gasteiger partial charge in [-0.05, 0) is 30.1 Å². The van der Waals surface area contributed by atoms with Crippen molar-refractivity contribution in [3.63, 3.8) is 0 Å². The van der Waals surface area contributed by atoms with Gasteiger partial charge in [-0.1, -0.05) is 20.8 Å². The lowest BCUT2D eigenvalue weighted by molar-refractivity contribution is -0.393. The van der Waals surface area contributed by atoms with Crippen molar-refractivity contribution in [3.8, 4) is 0 Å². The summed E-state index contributed by atoms with van der Waals surface area (Å²) in [6, 6.07) is 0.615. The first-order chi connectivity index (χ1) is 12.2. The van der Waals surface area contributed by atoms with Crippen LogP contribution < -0.4 is 4.90 Å². The Morgan fingerprint density at radius 1 is 1.07 bits per heavy atom. The summed E-state index contributed by atoms with van der Waals surface area (Å²) in [5.41, 5.74) is -3.70. The average Bonchev–Trinajstić information content (AvgIpc) is 2.73. The number of alkyl halides is 3. The Morgan fingerprint density at radius 2 is 1.59 bits per heavy atom. The summed E-state index contributed by atoms with van der Waals surface area (Å²) in [5.74, 6) is 0. The number of hydrogen-bond donors (Lipinski definition) is 0. The number of fused-ring (bicyclic) bond motifs is 2. The monoisotopic (exact) mass is 387 g/mol. The molecular weight excluding hydrogens is 367 g/mol. The summed E-state index contributed by atoms with van der Waals surface area (Å²) >= 11 is 0. The molecular formula is C17H20F3N3O4. The predicted octanol–water partition coefficient (Wildman–Crippen LogP) is 4.93. The molecule has 1 saturated carbocycles. The quantitative estimate of drug-likeness (QED) is 0.542. The van der Waals surface area contributed by atoms with Crippen molar-refractivity contribution in [1.82, 2.24) is 0 Å². The summed E-state index contributed by atoms with van der Waals surface area (Å²) in [6.45, 7) is 6.49. The first-order valence-electron chi connectivity index (χ1n) is 8.53. The highest BCUT2D eigenvalue weighted by Crippen LogP contribution is 2.56. The van der Waals surface area contributed by atoms with E-state index in [0.717, 1.165) is 6.42 Å². The van der Waals surface area contributed by atoms with Crippen LogP contribution in [0.5, 0.6) is 0 Å². The van der Waals surface area contributed by atoms with Crippen LogP contribution in [0.2, 0.25) is 0 Å². The van der Waals surface area contributed by atoms with E-state index >= 15 is 0 Å². The molecule has 2 unspecified atom stereocenters. The predicted molar refractivity (Wildman–Crippen MR) is 91.6 cm³/mol. The van der Waals surface area contributed by atoms with E-state index in [1.54, 1.807) is 4.90 Å². The maximum Gasteiger partial charge on any atom is 0.416 e. The van der Waals surface area contributed by atoms with E-state index in [9.17, 15) is 33.4 Å². The number of nitro groups is 2. The third kappa shape index (κ3) is 3.44. The van der Waals surface area contributed by atoms with Crippen LogP contribution in [0, 0.1) is 31.1 Å². The normalized spacial score (nSPS) is 26.9. The molecule has 0 aromatic heterocycles. The van der Waals surface area contributed by atoms with Gasteiger partial charge in [-0.2, -0.15) is 13.2 Å². The van der Waals surface area contributed by atoms with Gasteiger partial charge in [0.15, 0.2) is 5.69 Å². The number of nitrogens with zero attached hydrogens (tertiary/aromatic N) is 3. The molecule has 2 bridgehead atoms. The minimum Gasteiger partial charge on any atom is -0.357 e. The molecule has 1 aliphatic carbocycles. The number of anilines is 1. The lowest BCUT2D eigenvalue weighted by Crippen LogP contribution is -2.35. The van der Waals surface area contributed by atoms with Gasteiger partial charge in [0.25, 0.3) is 11.4 Å². The molecule has 1 aromatic rings. The van der Waals surface area contributed by atoms with E-state index in [1.807, 2.05) is 6.92 Å². The maximum atomic E-state index is 13.1. The van der Waals surface area contributed by atoms with Crippen molar-refractivity contribution in [2.75, 3.05) is 11.4 Å². The highest BCUT2D eigenvalue weighted by atomic mass is 19.4. The molecule has 1 heterocycles. The average molecular weight is 387 g/mol. The Morgan fingerprint density at radius 3 is 2.04 bits per heavy atom. The fourth-order valence-electron chi connectivity index (χ4n) is 5.06. The fourth-order valence-corrected chi connectivity index (χ4v) is 5.06. The molecule has 2 atom stereocenters. The van der Waals surface area contributed by atoms with Crippen LogP contribution >= 0.6 is 0 Å². The number of rotatable bonds is 3. The van der Waals surface area contributed by atoms with Gasteiger partial charge in [-0.25, -0.2) is 0 Å². The second-order valence-electron chi connectivity index (χ2n) is 8.72. The Hall–Kier alpha value is -2.39. The minimum atomic E-state index is -4.91. The summed E-state index contributed by atoms with van der Waals surface area (Å²) in [6.07, 6.45) is -2.71. The fraction of sp³-hybridized carbons (Fsp3) is 0.647. The van der Waals surface area contributed by atoms with E-state index in [0.29, 0.717) is 31.5 Å². The Labute approximate surface area is 153 Å². The standard InChI is InChI=1S/C17H20F3N3O4/c1-15(2)6-11-7-16(3,8-15)9-21(11)14-12(22(24)25)4-10(17(18,19)20)5-13(14)23(26)27/h4-5,11H,6-9H2,1-3H3. The number of halogens is 3. The van der Waals surface area contributed by atoms with E-state index in [4.69, 9.17) is 0 Å². The van der Waals surface area contributed by atoms with Gasteiger partial charge in [-0.3, -0.25) is 20.2 Å². The van der Waals surface area contributed by atoms with Gasteiger partial charge in [-0.15, -0.1) is 0 Å². The van der Waals surface area contributed by atoms with Crippen molar-refractivity contribution >= 4 is 17.1 Å². The van der Waals surface area contributed by atoms with Crippen molar-refractivity contribution < 1.29 is 23.0 Å². The first-order valence-corrected chi connectivity index (χ1v) is 8.53. The van der Waals surface area contributed by atoms with E-state index in [2.05, 4.69) is 13.8 Å². The molecule has 7 nitrogen and oxygen atoms in total. The van der Waals surface area contributed by atoms with Gasteiger partial charge >= 0.3 is 6.18 Å². The molecule has 1 aromatic carbocycles. The van der Waals surface area contributed by atoms with Crippen LogP contribution in [0.4, 0.5) is 30.2 Å². The molecule has 10 heteroatoms. The largest absolute Gasteiger partial charge is 0.416 e. The zero-order valence-corrected chi connectivity index (χ0v) is 15.2. The van der Waals surface area contributed by atoms with Crippen LogP contribution in [-0.4, -0.2) is 22.4 Å². The van der Waals surface area contributed by atoms with Gasteiger partial charge in [0.2, 0.25) is 0 Å². The number of nitro benzene ring substituents is 2. The third-order valence-corrected chi connectivity index (χ3v) is 5.49. The summed E-state index contributed by atoms with van der Waals surface area (Å²) < 4.78 is 39.3. The van der Waals surface area contributed by atoms with Crippen molar-refractivity contribution in [2.24, 2.45) is 10.8 Å². The van der Waals surface area contributed by atoms with Crippen LogP contribution in [0.25, 0.3) is 0 Å². The first kappa shape index (κ1) is 19.4. The Kier molecular flexibility index (Phi) is 4.16. The molecule has 148 valence electrons. The zero-order valence-electron chi connectivity index (χ0n) is 15.2. The lowest BCUT2D eigenvalue weighted by Gasteiger charge is -2.39. The van der Waals surface area contributed by atoms with Crippen LogP contribution in [-0.2, 0) is 6.18 Å². The SMILES string of the molecule is CC1(C)CC2CC(C)(CN2c2c([N+](=O)[O-])cc(C(F)(F)F)cc2[N+](=O)[O-])C1. The minimum absolute atomic E-state index is 0.0537. The van der Waals surface area contributed by atoms with E-state index in [1.165, 1.54) is 0 Å². The second kappa shape index (κ2) is 5.80. The molecule has 0 radical (unpaired) electrons. The molecule has 0 spiro atoms. The molecule has 2 fully saturated rings. The van der Waals surface area contributed by atoms with E-state index < -0.39 is 33.0 Å². The zero-order chi connectivity index (χ0) is 20.4. The summed E-state index contributed by atoms with van der Waals surface area (Å²) in [4.78, 5) is 22.7. The van der Waals surface area contributed by atoms with Crippen LogP contribution in [0.3, 0.4) is 0 Å². The third-order valence-electron chi connectivity index (χ3n) is 5.49. The lowest BCUT2D eigenvalue weighted by atomic mass is 9.65. The van der Waals surface area contributed by atoms with Gasteiger partial charge in [0.1, 0.15) is 0 Å². The smallest absolute Gasteiger partial charge is 0.357 e. The molecule has 0 N–H and O–H groups in total. The molecule has 2 aliphatic rings. The second-order valence-corrected chi connectivity index (χ2v) is 8.72. The topological polar surface area (TPSA) is 89.5 Å². The number of hydrogen-bond acceptors (Lipinski definition) is 5. The maximum absolute atomic E-state index is 13.1. The summed E-state index contributed by atoms with van der Waals surface area (Å²) in [5, 5.41) is 23.0. The highest BCUT2D eigenvalue weighted by Gasteiger charge is 2.52.